The number of hydrogen-bond acceptors (Lipinski definition) is 3. The number of rotatable bonds is 5. The molecule has 0 aliphatic carbocycles. The quantitative estimate of drug-likeness (QED) is 0.862. The molecule has 0 fully saturated rings. The molecule has 0 radical (unpaired) electrons. The maximum atomic E-state index is 14.0. The summed E-state index contributed by atoms with van der Waals surface area (Å²) < 4.78 is 24.1. The Morgan fingerprint density at radius 3 is 2.18 bits per heavy atom. The van der Waals surface area contributed by atoms with E-state index in [9.17, 15) is 4.39 Å². The minimum absolute atomic E-state index is 0.0147. The minimum atomic E-state index is -0.446. The summed E-state index contributed by atoms with van der Waals surface area (Å²) in [4.78, 5) is 0. The average molecular weight is 242 g/mol. The van der Waals surface area contributed by atoms with E-state index in [4.69, 9.17) is 14.6 Å². The third-order valence-electron chi connectivity index (χ3n) is 2.94. The highest BCUT2D eigenvalue weighted by Crippen LogP contribution is 2.36. The van der Waals surface area contributed by atoms with Gasteiger partial charge in [0.2, 0.25) is 0 Å². The zero-order chi connectivity index (χ0) is 13.1. The second-order valence-corrected chi connectivity index (χ2v) is 4.54. The van der Waals surface area contributed by atoms with E-state index in [1.54, 1.807) is 6.07 Å². The molecule has 3 nitrogen and oxygen atoms in total. The SMILES string of the molecule is COc1cc(F)c(C(C)(C)CCO)cc1OC. The Balaban J connectivity index is 3.25. The van der Waals surface area contributed by atoms with Crippen molar-refractivity contribution in [3.8, 4) is 11.5 Å². The van der Waals surface area contributed by atoms with Gasteiger partial charge < -0.3 is 14.6 Å². The summed E-state index contributed by atoms with van der Waals surface area (Å²) in [7, 11) is 2.98. The molecule has 0 unspecified atom stereocenters. The van der Waals surface area contributed by atoms with E-state index >= 15 is 0 Å². The monoisotopic (exact) mass is 242 g/mol. The van der Waals surface area contributed by atoms with Gasteiger partial charge in [-0.25, -0.2) is 4.39 Å². The maximum absolute atomic E-state index is 14.0. The molecule has 1 aromatic carbocycles. The van der Waals surface area contributed by atoms with E-state index in [1.165, 1.54) is 20.3 Å². The number of methoxy groups -OCH3 is 2. The third-order valence-corrected chi connectivity index (χ3v) is 2.94. The van der Waals surface area contributed by atoms with Crippen molar-refractivity contribution in [2.75, 3.05) is 20.8 Å². The lowest BCUT2D eigenvalue weighted by molar-refractivity contribution is 0.249. The molecule has 1 aromatic rings. The first-order chi connectivity index (χ1) is 7.96. The van der Waals surface area contributed by atoms with E-state index < -0.39 is 5.41 Å². The highest BCUT2D eigenvalue weighted by molar-refractivity contribution is 5.45. The van der Waals surface area contributed by atoms with Crippen LogP contribution in [0.3, 0.4) is 0 Å². The van der Waals surface area contributed by atoms with Crippen LogP contribution in [0.5, 0.6) is 11.5 Å². The number of benzene rings is 1. The molecule has 0 amide bonds. The van der Waals surface area contributed by atoms with Gasteiger partial charge in [-0.15, -0.1) is 0 Å². The van der Waals surface area contributed by atoms with Gasteiger partial charge in [0.15, 0.2) is 11.5 Å². The van der Waals surface area contributed by atoms with Crippen LogP contribution in [-0.2, 0) is 5.41 Å². The van der Waals surface area contributed by atoms with Crippen LogP contribution in [-0.4, -0.2) is 25.9 Å². The Bertz CT molecular complexity index is 388. The predicted octanol–water partition coefficient (Wildman–Crippen LogP) is 2.50. The van der Waals surface area contributed by atoms with E-state index in [-0.39, 0.29) is 12.4 Å². The van der Waals surface area contributed by atoms with Gasteiger partial charge in [0.1, 0.15) is 5.82 Å². The molecule has 0 bridgehead atoms. The van der Waals surface area contributed by atoms with Crippen LogP contribution >= 0.6 is 0 Å². The second kappa shape index (κ2) is 5.36. The van der Waals surface area contributed by atoms with Crippen LogP contribution in [0.1, 0.15) is 25.8 Å². The Kier molecular flexibility index (Phi) is 4.34. The molecule has 17 heavy (non-hydrogen) atoms. The van der Waals surface area contributed by atoms with Crippen molar-refractivity contribution < 1.29 is 19.0 Å². The second-order valence-electron chi connectivity index (χ2n) is 4.54. The molecule has 0 atom stereocenters. The number of hydrogen-bond donors (Lipinski definition) is 1. The highest BCUT2D eigenvalue weighted by atomic mass is 19.1. The third kappa shape index (κ3) is 2.88. The first-order valence-electron chi connectivity index (χ1n) is 5.49. The van der Waals surface area contributed by atoms with Gasteiger partial charge >= 0.3 is 0 Å². The highest BCUT2D eigenvalue weighted by Gasteiger charge is 2.25. The Morgan fingerprint density at radius 1 is 1.18 bits per heavy atom. The molecule has 0 saturated carbocycles. The lowest BCUT2D eigenvalue weighted by Gasteiger charge is -2.25. The molecule has 4 heteroatoms. The summed E-state index contributed by atoms with van der Waals surface area (Å²) in [5.74, 6) is 0.518. The van der Waals surface area contributed by atoms with Crippen LogP contribution < -0.4 is 9.47 Å². The van der Waals surface area contributed by atoms with Crippen LogP contribution in [0.25, 0.3) is 0 Å². The maximum Gasteiger partial charge on any atom is 0.163 e. The predicted molar refractivity (Wildman–Crippen MR) is 64.2 cm³/mol. The summed E-state index contributed by atoms with van der Waals surface area (Å²) in [5, 5.41) is 9.00. The zero-order valence-electron chi connectivity index (χ0n) is 10.7. The molecule has 0 saturated heterocycles. The molecule has 1 N–H and O–H groups in total. The average Bonchev–Trinajstić information content (AvgIpc) is 2.28. The van der Waals surface area contributed by atoms with Crippen LogP contribution in [0, 0.1) is 5.82 Å². The molecule has 0 spiro atoms. The largest absolute Gasteiger partial charge is 0.493 e. The number of aliphatic hydroxyl groups is 1. The van der Waals surface area contributed by atoms with Gasteiger partial charge in [0.05, 0.1) is 14.2 Å². The summed E-state index contributed by atoms with van der Waals surface area (Å²) >= 11 is 0. The van der Waals surface area contributed by atoms with Crippen molar-refractivity contribution in [1.82, 2.24) is 0 Å². The van der Waals surface area contributed by atoms with E-state index in [2.05, 4.69) is 0 Å². The van der Waals surface area contributed by atoms with E-state index in [0.717, 1.165) is 0 Å². The number of aliphatic hydroxyl groups excluding tert-OH is 1. The zero-order valence-corrected chi connectivity index (χ0v) is 10.7. The Morgan fingerprint density at radius 2 is 1.71 bits per heavy atom. The van der Waals surface area contributed by atoms with E-state index in [1.807, 2.05) is 13.8 Å². The van der Waals surface area contributed by atoms with Gasteiger partial charge in [-0.3, -0.25) is 0 Å². The van der Waals surface area contributed by atoms with Crippen molar-refractivity contribution in [3.63, 3.8) is 0 Å². The summed E-state index contributed by atoms with van der Waals surface area (Å²) in [6, 6.07) is 2.94. The first-order valence-corrected chi connectivity index (χ1v) is 5.49. The summed E-state index contributed by atoms with van der Waals surface area (Å²) in [6.45, 7) is 3.78. The van der Waals surface area contributed by atoms with Crippen molar-refractivity contribution in [2.24, 2.45) is 0 Å². The Labute approximate surface area is 101 Å². The summed E-state index contributed by atoms with van der Waals surface area (Å²) in [6.07, 6.45) is 0.486. The number of ether oxygens (including phenoxy) is 2. The molecule has 0 heterocycles. The van der Waals surface area contributed by atoms with Crippen LogP contribution in [0.15, 0.2) is 12.1 Å². The minimum Gasteiger partial charge on any atom is -0.493 e. The molecule has 0 aliphatic heterocycles. The molecule has 0 aromatic heterocycles. The van der Waals surface area contributed by atoms with Gasteiger partial charge in [-0.2, -0.15) is 0 Å². The molecule has 0 aliphatic rings. The smallest absolute Gasteiger partial charge is 0.163 e. The van der Waals surface area contributed by atoms with Gasteiger partial charge in [-0.05, 0) is 23.5 Å². The lowest BCUT2D eigenvalue weighted by atomic mass is 9.81. The first kappa shape index (κ1) is 13.8. The fraction of sp³-hybridized carbons (Fsp3) is 0.538. The molecular weight excluding hydrogens is 223 g/mol. The van der Waals surface area contributed by atoms with Crippen LogP contribution in [0.2, 0.25) is 0 Å². The van der Waals surface area contributed by atoms with Crippen LogP contribution in [0.4, 0.5) is 4.39 Å². The molecule has 1 rings (SSSR count). The lowest BCUT2D eigenvalue weighted by Crippen LogP contribution is -2.20. The molecule has 96 valence electrons. The van der Waals surface area contributed by atoms with Crippen molar-refractivity contribution in [1.29, 1.82) is 0 Å². The van der Waals surface area contributed by atoms with Crippen molar-refractivity contribution in [2.45, 2.75) is 25.7 Å². The number of halogens is 1. The standard InChI is InChI=1S/C13H19FO3/c1-13(2,5-6-15)9-7-11(16-3)12(17-4)8-10(9)14/h7-8,15H,5-6H2,1-4H3. The topological polar surface area (TPSA) is 38.7 Å². The Hall–Kier alpha value is -1.29. The van der Waals surface area contributed by atoms with E-state index in [0.29, 0.717) is 23.5 Å². The summed E-state index contributed by atoms with van der Waals surface area (Å²) in [5.41, 5.74) is 0.0717. The fourth-order valence-corrected chi connectivity index (χ4v) is 1.79. The van der Waals surface area contributed by atoms with Gasteiger partial charge in [0.25, 0.3) is 0 Å². The fourth-order valence-electron chi connectivity index (χ4n) is 1.79. The van der Waals surface area contributed by atoms with Crippen molar-refractivity contribution >= 4 is 0 Å². The van der Waals surface area contributed by atoms with Crippen molar-refractivity contribution in [3.05, 3.63) is 23.5 Å². The van der Waals surface area contributed by atoms with Gasteiger partial charge in [-0.1, -0.05) is 13.8 Å². The molecular formula is C13H19FO3. The van der Waals surface area contributed by atoms with Gasteiger partial charge in [0, 0.05) is 12.7 Å². The normalized spacial score (nSPS) is 11.4.